The number of hydrogen-bond acceptors (Lipinski definition) is 5. The van der Waals surface area contributed by atoms with Crippen molar-refractivity contribution in [2.24, 2.45) is 5.73 Å². The molecule has 0 spiro atoms. The van der Waals surface area contributed by atoms with E-state index in [1.165, 1.54) is 7.05 Å². The first-order chi connectivity index (χ1) is 6.69. The first-order valence-electron chi connectivity index (χ1n) is 4.11. The van der Waals surface area contributed by atoms with Crippen molar-refractivity contribution in [1.29, 1.82) is 0 Å². The van der Waals surface area contributed by atoms with Crippen LogP contribution in [0, 0.1) is 0 Å². The van der Waals surface area contributed by atoms with E-state index in [4.69, 9.17) is 10.3 Å². The smallest absolute Gasteiger partial charge is 0.292 e. The second kappa shape index (κ2) is 4.52. The molecule has 0 aliphatic carbocycles. The summed E-state index contributed by atoms with van der Waals surface area (Å²) in [7, 11) is 1.49. The van der Waals surface area contributed by atoms with Gasteiger partial charge in [-0.05, 0) is 6.42 Å². The van der Waals surface area contributed by atoms with Crippen LogP contribution >= 0.6 is 0 Å². The molecular formula is C8H12N4O2. The van der Waals surface area contributed by atoms with Crippen molar-refractivity contribution < 1.29 is 9.32 Å². The van der Waals surface area contributed by atoms with Gasteiger partial charge in [-0.2, -0.15) is 4.98 Å². The average molecular weight is 196 g/mol. The molecule has 6 nitrogen and oxygen atoms in total. The predicted molar refractivity (Wildman–Crippen MR) is 49.4 cm³/mol. The van der Waals surface area contributed by atoms with E-state index < -0.39 is 11.9 Å². The third-order valence-corrected chi connectivity index (χ3v) is 1.61. The zero-order valence-electron chi connectivity index (χ0n) is 7.86. The molecule has 0 fully saturated rings. The number of aromatic nitrogens is 2. The molecule has 14 heavy (non-hydrogen) atoms. The van der Waals surface area contributed by atoms with Gasteiger partial charge in [0.15, 0.2) is 0 Å². The number of hydrogen-bond donors (Lipinski definition) is 2. The molecule has 0 saturated heterocycles. The van der Waals surface area contributed by atoms with Gasteiger partial charge in [0.2, 0.25) is 5.89 Å². The van der Waals surface area contributed by atoms with Gasteiger partial charge in [-0.15, -0.1) is 6.58 Å². The number of nitrogens with zero attached hydrogens (tertiary/aromatic N) is 2. The van der Waals surface area contributed by atoms with Crippen LogP contribution in [-0.4, -0.2) is 23.1 Å². The first kappa shape index (κ1) is 10.4. The molecule has 1 heterocycles. The summed E-state index contributed by atoms with van der Waals surface area (Å²) >= 11 is 0. The van der Waals surface area contributed by atoms with Gasteiger partial charge < -0.3 is 15.6 Å². The molecule has 1 unspecified atom stereocenters. The molecule has 76 valence electrons. The van der Waals surface area contributed by atoms with Gasteiger partial charge >= 0.3 is 0 Å². The summed E-state index contributed by atoms with van der Waals surface area (Å²) in [5.74, 6) is -0.170. The fourth-order valence-corrected chi connectivity index (χ4v) is 0.870. The van der Waals surface area contributed by atoms with Crippen LogP contribution < -0.4 is 11.1 Å². The summed E-state index contributed by atoms with van der Waals surface area (Å²) in [6, 6.07) is -0.404. The zero-order valence-corrected chi connectivity index (χ0v) is 7.86. The summed E-state index contributed by atoms with van der Waals surface area (Å²) in [5, 5.41) is 5.86. The molecule has 0 aromatic carbocycles. The number of nitrogens with two attached hydrogens (primary N) is 1. The quantitative estimate of drug-likeness (QED) is 0.661. The third-order valence-electron chi connectivity index (χ3n) is 1.61. The van der Waals surface area contributed by atoms with Crippen LogP contribution in [0.15, 0.2) is 17.2 Å². The SMILES string of the molecule is C=CCC(N)c1nc(C(=O)NC)no1. The molecule has 1 aromatic heterocycles. The number of amides is 1. The lowest BCUT2D eigenvalue weighted by atomic mass is 10.2. The van der Waals surface area contributed by atoms with Crippen LogP contribution in [0.4, 0.5) is 0 Å². The second-order valence-electron chi connectivity index (χ2n) is 2.67. The van der Waals surface area contributed by atoms with Crippen LogP contribution in [0.5, 0.6) is 0 Å². The molecular weight excluding hydrogens is 184 g/mol. The van der Waals surface area contributed by atoms with E-state index in [0.29, 0.717) is 6.42 Å². The van der Waals surface area contributed by atoms with Crippen molar-refractivity contribution in [1.82, 2.24) is 15.5 Å². The average Bonchev–Trinajstić information content (AvgIpc) is 2.66. The molecule has 6 heteroatoms. The minimum Gasteiger partial charge on any atom is -0.352 e. The van der Waals surface area contributed by atoms with Crippen molar-refractivity contribution in [3.05, 3.63) is 24.4 Å². The van der Waals surface area contributed by atoms with Crippen molar-refractivity contribution in [3.63, 3.8) is 0 Å². The van der Waals surface area contributed by atoms with Gasteiger partial charge in [0.1, 0.15) is 0 Å². The van der Waals surface area contributed by atoms with E-state index in [1.54, 1.807) is 6.08 Å². The summed E-state index contributed by atoms with van der Waals surface area (Å²) in [5.41, 5.74) is 5.66. The molecule has 1 amide bonds. The van der Waals surface area contributed by atoms with Gasteiger partial charge in [0.25, 0.3) is 11.7 Å². The Morgan fingerprint density at radius 1 is 1.86 bits per heavy atom. The molecule has 0 saturated carbocycles. The summed E-state index contributed by atoms with van der Waals surface area (Å²) in [6.45, 7) is 3.54. The van der Waals surface area contributed by atoms with Gasteiger partial charge in [0.05, 0.1) is 6.04 Å². The Morgan fingerprint density at radius 2 is 2.57 bits per heavy atom. The van der Waals surface area contributed by atoms with E-state index in [-0.39, 0.29) is 11.7 Å². The highest BCUT2D eigenvalue weighted by Gasteiger charge is 2.16. The van der Waals surface area contributed by atoms with Crippen LogP contribution in [0.2, 0.25) is 0 Å². The first-order valence-corrected chi connectivity index (χ1v) is 4.11. The highest BCUT2D eigenvalue weighted by molar-refractivity contribution is 5.89. The number of nitrogens with one attached hydrogen (secondary N) is 1. The molecule has 3 N–H and O–H groups in total. The fourth-order valence-electron chi connectivity index (χ4n) is 0.870. The molecule has 1 aromatic rings. The van der Waals surface area contributed by atoms with E-state index in [2.05, 4.69) is 22.0 Å². The van der Waals surface area contributed by atoms with Crippen LogP contribution in [0.3, 0.4) is 0 Å². The molecule has 1 atom stereocenters. The fraction of sp³-hybridized carbons (Fsp3) is 0.375. The molecule has 0 aliphatic rings. The Hall–Kier alpha value is -1.69. The maximum absolute atomic E-state index is 11.1. The summed E-state index contributed by atoms with van der Waals surface area (Å²) in [4.78, 5) is 14.9. The van der Waals surface area contributed by atoms with Crippen LogP contribution in [-0.2, 0) is 0 Å². The second-order valence-corrected chi connectivity index (χ2v) is 2.67. The Labute approximate surface area is 81.2 Å². The van der Waals surface area contributed by atoms with Gasteiger partial charge in [-0.1, -0.05) is 11.2 Å². The van der Waals surface area contributed by atoms with Crippen molar-refractivity contribution >= 4 is 5.91 Å². The Balaban J connectivity index is 2.76. The number of carbonyl (C=O) groups excluding carboxylic acids is 1. The number of rotatable bonds is 4. The zero-order chi connectivity index (χ0) is 10.6. The normalized spacial score (nSPS) is 12.1. The largest absolute Gasteiger partial charge is 0.352 e. The lowest BCUT2D eigenvalue weighted by Gasteiger charge is -1.99. The standard InChI is InChI=1S/C8H12N4O2/c1-3-4-5(9)8-11-6(12-14-8)7(13)10-2/h3,5H,1,4,9H2,2H3,(H,10,13). The van der Waals surface area contributed by atoms with E-state index >= 15 is 0 Å². The predicted octanol–water partition coefficient (Wildman–Crippen LogP) is 0.00510. The maximum atomic E-state index is 11.1. The minimum atomic E-state index is -0.404. The van der Waals surface area contributed by atoms with Crippen LogP contribution in [0.25, 0.3) is 0 Å². The Morgan fingerprint density at radius 3 is 3.14 bits per heavy atom. The lowest BCUT2D eigenvalue weighted by molar-refractivity contribution is 0.0950. The molecule has 0 bridgehead atoms. The van der Waals surface area contributed by atoms with E-state index in [0.717, 1.165) is 0 Å². The van der Waals surface area contributed by atoms with Gasteiger partial charge in [-0.25, -0.2) is 0 Å². The number of carbonyl (C=O) groups is 1. The highest BCUT2D eigenvalue weighted by Crippen LogP contribution is 2.11. The summed E-state index contributed by atoms with van der Waals surface area (Å²) < 4.78 is 4.81. The summed E-state index contributed by atoms with van der Waals surface area (Å²) in [6.07, 6.45) is 2.17. The van der Waals surface area contributed by atoms with Crippen molar-refractivity contribution in [2.75, 3.05) is 7.05 Å². The molecule has 0 radical (unpaired) electrons. The van der Waals surface area contributed by atoms with Gasteiger partial charge in [0, 0.05) is 7.05 Å². The Bertz CT molecular complexity index is 334. The third kappa shape index (κ3) is 2.17. The lowest BCUT2D eigenvalue weighted by Crippen LogP contribution is -2.19. The maximum Gasteiger partial charge on any atom is 0.292 e. The van der Waals surface area contributed by atoms with E-state index in [1.807, 2.05) is 0 Å². The highest BCUT2D eigenvalue weighted by atomic mass is 16.5. The van der Waals surface area contributed by atoms with Gasteiger partial charge in [-0.3, -0.25) is 4.79 Å². The molecule has 0 aliphatic heterocycles. The van der Waals surface area contributed by atoms with Crippen LogP contribution in [0.1, 0.15) is 29.0 Å². The van der Waals surface area contributed by atoms with Crippen molar-refractivity contribution in [2.45, 2.75) is 12.5 Å². The molecule has 1 rings (SSSR count). The van der Waals surface area contributed by atoms with Crippen molar-refractivity contribution in [3.8, 4) is 0 Å². The minimum absolute atomic E-state index is 0.0120. The topological polar surface area (TPSA) is 94.0 Å². The monoisotopic (exact) mass is 196 g/mol. The Kier molecular flexibility index (Phi) is 3.35. The van der Waals surface area contributed by atoms with E-state index in [9.17, 15) is 4.79 Å².